The Morgan fingerprint density at radius 1 is 0.412 bits per heavy atom. The Labute approximate surface area is 205 Å². The van der Waals surface area contributed by atoms with E-state index in [9.17, 15) is 0 Å². The van der Waals surface area contributed by atoms with Gasteiger partial charge in [-0.25, -0.2) is 0 Å². The molecule has 0 saturated heterocycles. The molecule has 0 radical (unpaired) electrons. The number of pyridine rings is 3. The zero-order valence-corrected chi connectivity index (χ0v) is 19.8. The molecule has 0 N–H and O–H groups in total. The fourth-order valence-corrected chi connectivity index (χ4v) is 5.98. The average molecular weight is 477 g/mol. The predicted molar refractivity (Wildman–Crippen MR) is 127 cm³/mol. The van der Waals surface area contributed by atoms with Crippen molar-refractivity contribution in [2.75, 3.05) is 0 Å². The quantitative estimate of drug-likeness (QED) is 0.283. The number of aromatic nitrogens is 3. The fourth-order valence-electron chi connectivity index (χ4n) is 3.90. The van der Waals surface area contributed by atoms with Crippen LogP contribution in [0.4, 0.5) is 0 Å². The summed E-state index contributed by atoms with van der Waals surface area (Å²) in [4.78, 5) is 13.6. The molecule has 6 nitrogen and oxygen atoms in total. The summed E-state index contributed by atoms with van der Waals surface area (Å²) in [5, 5.41) is 2.96. The molecule has 34 heavy (non-hydrogen) atoms. The molecule has 0 fully saturated rings. The summed E-state index contributed by atoms with van der Waals surface area (Å²) < 4.78 is 19.4. The van der Waals surface area contributed by atoms with Gasteiger partial charge in [-0.3, -0.25) is 0 Å². The minimum atomic E-state index is -3.46. The van der Waals surface area contributed by atoms with Gasteiger partial charge in [0.05, 0.1) is 0 Å². The molecule has 0 aliphatic carbocycles. The molecular formula is C27H18N3O3Sc. The number of para-hydroxylation sites is 3. The van der Waals surface area contributed by atoms with Crippen LogP contribution in [0, 0.1) is 0 Å². The van der Waals surface area contributed by atoms with E-state index < -0.39 is 22.7 Å². The molecule has 0 amide bonds. The van der Waals surface area contributed by atoms with E-state index in [2.05, 4.69) is 15.0 Å². The Morgan fingerprint density at radius 2 is 0.735 bits per heavy atom. The van der Waals surface area contributed by atoms with E-state index in [0.717, 1.165) is 32.7 Å². The van der Waals surface area contributed by atoms with Gasteiger partial charge in [0, 0.05) is 0 Å². The van der Waals surface area contributed by atoms with E-state index in [1.54, 1.807) is 18.6 Å². The van der Waals surface area contributed by atoms with E-state index in [0.29, 0.717) is 17.2 Å². The summed E-state index contributed by atoms with van der Waals surface area (Å²) in [7, 11) is 0. The van der Waals surface area contributed by atoms with Crippen molar-refractivity contribution in [3.63, 3.8) is 0 Å². The molecule has 3 aromatic carbocycles. The molecule has 0 atom stereocenters. The molecule has 0 saturated carbocycles. The Morgan fingerprint density at radius 3 is 1.09 bits per heavy atom. The third-order valence-corrected chi connectivity index (χ3v) is 7.55. The van der Waals surface area contributed by atoms with Crippen molar-refractivity contribution < 1.29 is 31.3 Å². The van der Waals surface area contributed by atoms with Crippen molar-refractivity contribution in [3.05, 3.63) is 110 Å². The summed E-state index contributed by atoms with van der Waals surface area (Å²) in [5.41, 5.74) is 2.29. The molecule has 0 aliphatic rings. The SMILES string of the molecule is c1cnc2c([O][Sc]([O]c3cccc4cccnc34)[O]c3cccc4cccnc34)cccc2c1. The van der Waals surface area contributed by atoms with Crippen molar-refractivity contribution >= 4 is 32.7 Å². The number of nitrogens with zero attached hydrogens (tertiary/aromatic N) is 3. The van der Waals surface area contributed by atoms with Gasteiger partial charge in [-0.05, 0) is 0 Å². The van der Waals surface area contributed by atoms with Gasteiger partial charge >= 0.3 is 206 Å². The van der Waals surface area contributed by atoms with Crippen molar-refractivity contribution in [1.82, 2.24) is 15.0 Å². The first-order valence-corrected chi connectivity index (χ1v) is 13.1. The average Bonchev–Trinajstić information content (AvgIpc) is 2.89. The molecular weight excluding hydrogens is 459 g/mol. The van der Waals surface area contributed by atoms with Gasteiger partial charge < -0.3 is 0 Å². The second-order valence-corrected chi connectivity index (χ2v) is 9.64. The zero-order valence-electron chi connectivity index (χ0n) is 18.0. The van der Waals surface area contributed by atoms with E-state index in [-0.39, 0.29) is 0 Å². The maximum absolute atomic E-state index is 6.46. The summed E-state index contributed by atoms with van der Waals surface area (Å²) in [6.45, 7) is 0. The van der Waals surface area contributed by atoms with Gasteiger partial charge in [-0.1, -0.05) is 0 Å². The zero-order chi connectivity index (χ0) is 22.7. The molecule has 6 aromatic rings. The number of benzene rings is 3. The first-order chi connectivity index (χ1) is 16.8. The van der Waals surface area contributed by atoms with Gasteiger partial charge in [-0.2, -0.15) is 0 Å². The Hall–Kier alpha value is -3.84. The molecule has 0 spiro atoms. The topological polar surface area (TPSA) is 66.4 Å². The van der Waals surface area contributed by atoms with Crippen LogP contribution in [-0.4, -0.2) is 15.0 Å². The van der Waals surface area contributed by atoms with Crippen LogP contribution >= 0.6 is 0 Å². The third kappa shape index (κ3) is 4.10. The number of hydrogen-bond donors (Lipinski definition) is 0. The molecule has 3 heterocycles. The summed E-state index contributed by atoms with van der Waals surface area (Å²) in [6.07, 6.45) is 5.26. The minimum absolute atomic E-state index is 0.629. The second kappa shape index (κ2) is 9.19. The molecule has 0 unspecified atom stereocenters. The van der Waals surface area contributed by atoms with Gasteiger partial charge in [0.15, 0.2) is 0 Å². The van der Waals surface area contributed by atoms with Crippen molar-refractivity contribution in [2.45, 2.75) is 0 Å². The second-order valence-electron chi connectivity index (χ2n) is 7.64. The number of fused-ring (bicyclic) bond motifs is 3. The van der Waals surface area contributed by atoms with Crippen LogP contribution in [0.2, 0.25) is 0 Å². The Balaban J connectivity index is 1.42. The van der Waals surface area contributed by atoms with E-state index in [1.165, 1.54) is 0 Å². The summed E-state index contributed by atoms with van der Waals surface area (Å²) in [6, 6.07) is 29.2. The first kappa shape index (κ1) is 20.7. The summed E-state index contributed by atoms with van der Waals surface area (Å²) >= 11 is -3.46. The van der Waals surface area contributed by atoms with E-state index >= 15 is 0 Å². The van der Waals surface area contributed by atoms with Gasteiger partial charge in [0.1, 0.15) is 0 Å². The van der Waals surface area contributed by atoms with Gasteiger partial charge in [0.2, 0.25) is 0 Å². The van der Waals surface area contributed by atoms with Crippen LogP contribution in [0.3, 0.4) is 0 Å². The fraction of sp³-hybridized carbons (Fsp3) is 0. The monoisotopic (exact) mass is 477 g/mol. The maximum atomic E-state index is 6.46. The molecule has 3 aromatic heterocycles. The van der Waals surface area contributed by atoms with Gasteiger partial charge in [0.25, 0.3) is 0 Å². The van der Waals surface area contributed by atoms with Gasteiger partial charge in [-0.15, -0.1) is 0 Å². The molecule has 162 valence electrons. The van der Waals surface area contributed by atoms with Crippen LogP contribution in [0.1, 0.15) is 0 Å². The third-order valence-electron chi connectivity index (χ3n) is 5.46. The van der Waals surface area contributed by atoms with Crippen LogP contribution in [0.15, 0.2) is 110 Å². The molecule has 6 rings (SSSR count). The number of hydrogen-bond acceptors (Lipinski definition) is 6. The van der Waals surface area contributed by atoms with Crippen molar-refractivity contribution in [1.29, 1.82) is 0 Å². The normalized spacial score (nSPS) is 10.9. The Bertz CT molecular complexity index is 1420. The van der Waals surface area contributed by atoms with Crippen LogP contribution in [-0.2, 0) is 22.7 Å². The summed E-state index contributed by atoms with van der Waals surface area (Å²) in [5.74, 6) is 1.89. The molecule has 0 bridgehead atoms. The van der Waals surface area contributed by atoms with Crippen molar-refractivity contribution in [3.8, 4) is 17.2 Å². The van der Waals surface area contributed by atoms with Crippen molar-refractivity contribution in [2.24, 2.45) is 0 Å². The van der Waals surface area contributed by atoms with Crippen LogP contribution in [0.5, 0.6) is 17.2 Å². The van der Waals surface area contributed by atoms with Crippen LogP contribution in [0.25, 0.3) is 32.7 Å². The van der Waals surface area contributed by atoms with E-state index in [1.807, 2.05) is 91.0 Å². The standard InChI is InChI=1S/3C9H7NO.Sc/c3*11-8-5-1-3-7-4-2-6-10-9(7)8;/h3*1-6,11H;/q;;;+3/p-3. The molecule has 0 aliphatic heterocycles. The first-order valence-electron chi connectivity index (χ1n) is 10.9. The predicted octanol–water partition coefficient (Wildman–Crippen LogP) is 6.23. The number of rotatable bonds is 6. The van der Waals surface area contributed by atoms with E-state index in [4.69, 9.17) is 8.56 Å². The van der Waals surface area contributed by atoms with Crippen LogP contribution < -0.4 is 8.56 Å². The Kier molecular flexibility index (Phi) is 5.61. The molecule has 7 heteroatoms.